The summed E-state index contributed by atoms with van der Waals surface area (Å²) < 4.78 is 13.0. The summed E-state index contributed by atoms with van der Waals surface area (Å²) in [4.78, 5) is 13.8. The van der Waals surface area contributed by atoms with E-state index in [1.165, 1.54) is 17.7 Å². The molecule has 1 aliphatic carbocycles. The monoisotopic (exact) mass is 305 g/mol. The number of aliphatic carboxylic acids is 1. The first kappa shape index (κ1) is 15.5. The van der Waals surface area contributed by atoms with Gasteiger partial charge in [0.05, 0.1) is 5.41 Å². The van der Waals surface area contributed by atoms with Gasteiger partial charge in [0.2, 0.25) is 0 Å². The van der Waals surface area contributed by atoms with E-state index in [2.05, 4.69) is 4.90 Å². The van der Waals surface area contributed by atoms with Crippen LogP contribution in [0.5, 0.6) is 0 Å². The molecule has 0 bridgehead atoms. The van der Waals surface area contributed by atoms with Crippen LogP contribution in [-0.2, 0) is 4.79 Å². The van der Waals surface area contributed by atoms with E-state index in [1.807, 2.05) is 19.1 Å². The maximum Gasteiger partial charge on any atom is 0.309 e. The number of rotatable bonds is 3. The van der Waals surface area contributed by atoms with Crippen LogP contribution in [0.25, 0.3) is 0 Å². The van der Waals surface area contributed by atoms with Crippen LogP contribution in [0.15, 0.2) is 24.3 Å². The van der Waals surface area contributed by atoms with Crippen LogP contribution < -0.4 is 0 Å². The Hall–Kier alpha value is -1.42. The zero-order valence-corrected chi connectivity index (χ0v) is 13.1. The van der Waals surface area contributed by atoms with Crippen molar-refractivity contribution >= 4 is 5.97 Å². The molecule has 1 saturated carbocycles. The number of nitrogens with zero attached hydrogens (tertiary/aromatic N) is 1. The molecule has 2 unspecified atom stereocenters. The lowest BCUT2D eigenvalue weighted by molar-refractivity contribution is -0.147. The van der Waals surface area contributed by atoms with Gasteiger partial charge in [-0.05, 0) is 75.7 Å². The molecule has 0 radical (unpaired) electrons. The molecular formula is C18H24FNO2. The highest BCUT2D eigenvalue weighted by Crippen LogP contribution is 2.41. The van der Waals surface area contributed by atoms with E-state index >= 15 is 0 Å². The number of carboxylic acids is 1. The van der Waals surface area contributed by atoms with Gasteiger partial charge < -0.3 is 10.0 Å². The summed E-state index contributed by atoms with van der Waals surface area (Å²) in [6.45, 7) is 3.91. The average Bonchev–Trinajstić information content (AvgIpc) is 2.92. The van der Waals surface area contributed by atoms with Gasteiger partial charge in [0.1, 0.15) is 5.82 Å². The quantitative estimate of drug-likeness (QED) is 0.926. The smallest absolute Gasteiger partial charge is 0.309 e. The molecule has 0 amide bonds. The van der Waals surface area contributed by atoms with E-state index in [-0.39, 0.29) is 5.82 Å². The van der Waals surface area contributed by atoms with E-state index in [9.17, 15) is 14.3 Å². The van der Waals surface area contributed by atoms with E-state index in [0.29, 0.717) is 12.0 Å². The second-order valence-electron chi connectivity index (χ2n) is 7.12. The van der Waals surface area contributed by atoms with Crippen molar-refractivity contribution in [2.45, 2.75) is 51.0 Å². The highest BCUT2D eigenvalue weighted by atomic mass is 19.1. The lowest BCUT2D eigenvalue weighted by atomic mass is 9.87. The number of likely N-dealkylation sites (tertiary alicyclic amines) is 1. The maximum atomic E-state index is 13.0. The van der Waals surface area contributed by atoms with Gasteiger partial charge in [0.15, 0.2) is 0 Å². The molecule has 3 rings (SSSR count). The normalized spacial score (nSPS) is 30.5. The van der Waals surface area contributed by atoms with Crippen molar-refractivity contribution in [3.8, 4) is 0 Å². The number of hydrogen-bond donors (Lipinski definition) is 1. The molecule has 3 nitrogen and oxygen atoms in total. The van der Waals surface area contributed by atoms with Gasteiger partial charge in [-0.15, -0.1) is 0 Å². The summed E-state index contributed by atoms with van der Waals surface area (Å²) in [6.07, 6.45) is 4.69. The van der Waals surface area contributed by atoms with Gasteiger partial charge in [-0.2, -0.15) is 0 Å². The molecule has 0 spiro atoms. The highest BCUT2D eigenvalue weighted by molar-refractivity contribution is 5.74. The van der Waals surface area contributed by atoms with Crippen LogP contribution in [0.3, 0.4) is 0 Å². The fourth-order valence-corrected chi connectivity index (χ4v) is 4.05. The van der Waals surface area contributed by atoms with Crippen LogP contribution >= 0.6 is 0 Å². The number of benzene rings is 1. The van der Waals surface area contributed by atoms with Crippen molar-refractivity contribution in [3.05, 3.63) is 35.6 Å². The predicted molar refractivity (Wildman–Crippen MR) is 83.3 cm³/mol. The van der Waals surface area contributed by atoms with Crippen LogP contribution in [0, 0.1) is 11.2 Å². The van der Waals surface area contributed by atoms with Crippen molar-refractivity contribution in [3.63, 3.8) is 0 Å². The molecule has 4 heteroatoms. The third kappa shape index (κ3) is 3.02. The fraction of sp³-hybridized carbons (Fsp3) is 0.611. The molecular weight excluding hydrogens is 281 g/mol. The van der Waals surface area contributed by atoms with Crippen molar-refractivity contribution in [1.29, 1.82) is 0 Å². The van der Waals surface area contributed by atoms with Gasteiger partial charge in [-0.25, -0.2) is 4.39 Å². The van der Waals surface area contributed by atoms with Crippen LogP contribution in [0.4, 0.5) is 4.39 Å². The topological polar surface area (TPSA) is 40.5 Å². The lowest BCUT2D eigenvalue weighted by Gasteiger charge is -2.36. The number of carbonyl (C=O) groups is 1. The van der Waals surface area contributed by atoms with Gasteiger partial charge >= 0.3 is 5.97 Å². The molecule has 0 aromatic heterocycles. The first-order valence-electron chi connectivity index (χ1n) is 8.21. The maximum absolute atomic E-state index is 13.0. The Kier molecular flexibility index (Phi) is 4.22. The average molecular weight is 305 g/mol. The molecule has 1 aromatic rings. The first-order chi connectivity index (χ1) is 10.5. The molecule has 2 atom stereocenters. The molecule has 1 heterocycles. The molecule has 1 aliphatic heterocycles. The summed E-state index contributed by atoms with van der Waals surface area (Å²) in [5.41, 5.74) is 0.682. The van der Waals surface area contributed by atoms with Crippen LogP contribution in [0.1, 0.15) is 50.5 Å². The Balaban J connectivity index is 1.56. The minimum absolute atomic E-state index is 0.180. The minimum Gasteiger partial charge on any atom is -0.481 e. The zero-order valence-electron chi connectivity index (χ0n) is 13.1. The number of hydrogen-bond acceptors (Lipinski definition) is 2. The number of halogens is 1. The summed E-state index contributed by atoms with van der Waals surface area (Å²) >= 11 is 0. The van der Waals surface area contributed by atoms with Crippen LogP contribution in [0.2, 0.25) is 0 Å². The van der Waals surface area contributed by atoms with E-state index in [4.69, 9.17) is 0 Å². The van der Waals surface area contributed by atoms with Gasteiger partial charge in [0.25, 0.3) is 0 Å². The predicted octanol–water partition coefficient (Wildman–Crippen LogP) is 3.65. The van der Waals surface area contributed by atoms with Gasteiger partial charge in [-0.3, -0.25) is 4.79 Å². The Morgan fingerprint density at radius 1 is 1.23 bits per heavy atom. The first-order valence-corrected chi connectivity index (χ1v) is 8.21. The van der Waals surface area contributed by atoms with Crippen molar-refractivity contribution in [2.24, 2.45) is 5.41 Å². The summed E-state index contributed by atoms with van der Waals surface area (Å²) in [5.74, 6) is -0.333. The second kappa shape index (κ2) is 5.99. The summed E-state index contributed by atoms with van der Waals surface area (Å²) in [5, 5.41) is 9.35. The van der Waals surface area contributed by atoms with E-state index < -0.39 is 11.4 Å². The summed E-state index contributed by atoms with van der Waals surface area (Å²) in [6, 6.07) is 7.28. The van der Waals surface area contributed by atoms with E-state index in [0.717, 1.165) is 45.2 Å². The molecule has 2 fully saturated rings. The Morgan fingerprint density at radius 2 is 1.86 bits per heavy atom. The largest absolute Gasteiger partial charge is 0.481 e. The van der Waals surface area contributed by atoms with Gasteiger partial charge in [-0.1, -0.05) is 12.1 Å². The molecule has 22 heavy (non-hydrogen) atoms. The zero-order chi connectivity index (χ0) is 15.7. The lowest BCUT2D eigenvalue weighted by Crippen LogP contribution is -2.40. The molecule has 1 aromatic carbocycles. The minimum atomic E-state index is -0.656. The third-order valence-corrected chi connectivity index (χ3v) is 5.62. The standard InChI is InChI=1S/C18H24FNO2/c1-18(17(21)22)9-6-16(12-18)20-10-7-14(8-11-20)13-2-4-15(19)5-3-13/h2-5,14,16H,6-12H2,1H3,(H,21,22). The Morgan fingerprint density at radius 3 is 2.41 bits per heavy atom. The van der Waals surface area contributed by atoms with E-state index in [1.54, 1.807) is 0 Å². The Bertz CT molecular complexity index is 537. The third-order valence-electron chi connectivity index (χ3n) is 5.62. The highest BCUT2D eigenvalue weighted by Gasteiger charge is 2.43. The van der Waals surface area contributed by atoms with Crippen molar-refractivity contribution < 1.29 is 14.3 Å². The second-order valence-corrected chi connectivity index (χ2v) is 7.12. The van der Waals surface area contributed by atoms with Crippen molar-refractivity contribution in [2.75, 3.05) is 13.1 Å². The molecule has 1 N–H and O–H groups in total. The molecule has 2 aliphatic rings. The van der Waals surface area contributed by atoms with Crippen LogP contribution in [-0.4, -0.2) is 35.1 Å². The number of carboxylic acid groups (broad SMARTS) is 1. The van der Waals surface area contributed by atoms with Crippen molar-refractivity contribution in [1.82, 2.24) is 4.90 Å². The Labute approximate surface area is 131 Å². The number of piperidine rings is 1. The van der Waals surface area contributed by atoms with Gasteiger partial charge in [0, 0.05) is 6.04 Å². The molecule has 1 saturated heterocycles. The summed E-state index contributed by atoms with van der Waals surface area (Å²) in [7, 11) is 0. The fourth-order valence-electron chi connectivity index (χ4n) is 4.05. The SMILES string of the molecule is CC1(C(=O)O)CCC(N2CCC(c3ccc(F)cc3)CC2)C1. The molecule has 120 valence electrons.